The topological polar surface area (TPSA) is 72.2 Å². The lowest BCUT2D eigenvalue weighted by molar-refractivity contribution is 0.162. The van der Waals surface area contributed by atoms with E-state index < -0.39 is 21.2 Å². The molecule has 6 heteroatoms. The number of nitrogens with zero attached hydrogens (tertiary/aromatic N) is 2. The van der Waals surface area contributed by atoms with Crippen LogP contribution in [-0.2, 0) is 23.3 Å². The molecular weight excluding hydrogens is 240 g/mol. The Morgan fingerprint density at radius 1 is 1.59 bits per heavy atom. The first-order valence-electron chi connectivity index (χ1n) is 5.86. The van der Waals surface area contributed by atoms with Crippen LogP contribution in [0.1, 0.15) is 24.8 Å². The molecule has 1 saturated heterocycles. The van der Waals surface area contributed by atoms with E-state index in [1.807, 2.05) is 0 Å². The molecule has 0 spiro atoms. The van der Waals surface area contributed by atoms with Crippen LogP contribution < -0.4 is 0 Å². The SMILES string of the molecule is Cn1cc(CC(O)C2CCCCS2(=O)=O)cn1. The molecule has 0 saturated carbocycles. The van der Waals surface area contributed by atoms with Crippen LogP contribution in [0.25, 0.3) is 0 Å². The number of sulfone groups is 1. The van der Waals surface area contributed by atoms with Crippen molar-refractivity contribution in [1.82, 2.24) is 9.78 Å². The highest BCUT2D eigenvalue weighted by Gasteiger charge is 2.34. The quantitative estimate of drug-likeness (QED) is 0.846. The Hall–Kier alpha value is -0.880. The fourth-order valence-corrected chi connectivity index (χ4v) is 4.37. The molecule has 0 aliphatic carbocycles. The average molecular weight is 258 g/mol. The van der Waals surface area contributed by atoms with Crippen molar-refractivity contribution in [2.24, 2.45) is 7.05 Å². The number of hydrogen-bond donors (Lipinski definition) is 1. The van der Waals surface area contributed by atoms with Crippen molar-refractivity contribution in [3.05, 3.63) is 18.0 Å². The molecule has 1 fully saturated rings. The van der Waals surface area contributed by atoms with Crippen LogP contribution in [-0.4, -0.2) is 40.4 Å². The highest BCUT2D eigenvalue weighted by molar-refractivity contribution is 7.92. The summed E-state index contributed by atoms with van der Waals surface area (Å²) in [5, 5.41) is 13.5. The number of aliphatic hydroxyl groups is 1. The molecule has 17 heavy (non-hydrogen) atoms. The second-order valence-corrected chi connectivity index (χ2v) is 7.03. The summed E-state index contributed by atoms with van der Waals surface area (Å²) in [5.74, 6) is 0.210. The Labute approximate surface area is 101 Å². The third-order valence-corrected chi connectivity index (χ3v) is 5.59. The summed E-state index contributed by atoms with van der Waals surface area (Å²) >= 11 is 0. The summed E-state index contributed by atoms with van der Waals surface area (Å²) in [6.45, 7) is 0. The van der Waals surface area contributed by atoms with E-state index in [0.717, 1.165) is 18.4 Å². The Morgan fingerprint density at radius 3 is 2.94 bits per heavy atom. The molecule has 96 valence electrons. The van der Waals surface area contributed by atoms with Crippen molar-refractivity contribution in [1.29, 1.82) is 0 Å². The van der Waals surface area contributed by atoms with Gasteiger partial charge in [-0.1, -0.05) is 6.42 Å². The lowest BCUT2D eigenvalue weighted by Crippen LogP contribution is -2.39. The molecule has 1 aromatic heterocycles. The summed E-state index contributed by atoms with van der Waals surface area (Å²) in [6, 6.07) is 0. The van der Waals surface area contributed by atoms with Crippen LogP contribution in [0.3, 0.4) is 0 Å². The fraction of sp³-hybridized carbons (Fsp3) is 0.727. The van der Waals surface area contributed by atoms with Crippen molar-refractivity contribution in [3.8, 4) is 0 Å². The van der Waals surface area contributed by atoms with E-state index in [-0.39, 0.29) is 5.75 Å². The van der Waals surface area contributed by atoms with E-state index in [1.54, 1.807) is 24.1 Å². The molecule has 2 atom stereocenters. The lowest BCUT2D eigenvalue weighted by Gasteiger charge is -2.26. The van der Waals surface area contributed by atoms with Gasteiger partial charge >= 0.3 is 0 Å². The maximum Gasteiger partial charge on any atom is 0.155 e. The normalized spacial score (nSPS) is 25.6. The zero-order valence-electron chi connectivity index (χ0n) is 9.91. The Morgan fingerprint density at radius 2 is 2.35 bits per heavy atom. The third-order valence-electron chi connectivity index (χ3n) is 3.26. The van der Waals surface area contributed by atoms with E-state index in [1.165, 1.54) is 0 Å². The molecule has 0 amide bonds. The van der Waals surface area contributed by atoms with Gasteiger partial charge in [-0.2, -0.15) is 5.10 Å². The Balaban J connectivity index is 2.06. The predicted molar refractivity (Wildman–Crippen MR) is 64.3 cm³/mol. The molecule has 1 N–H and O–H groups in total. The first-order chi connectivity index (χ1) is 7.99. The van der Waals surface area contributed by atoms with Crippen LogP contribution in [0.4, 0.5) is 0 Å². The van der Waals surface area contributed by atoms with Crippen molar-refractivity contribution in [2.45, 2.75) is 37.0 Å². The van der Waals surface area contributed by atoms with Gasteiger partial charge < -0.3 is 5.11 Å². The molecule has 0 bridgehead atoms. The minimum Gasteiger partial charge on any atom is -0.391 e. The van der Waals surface area contributed by atoms with Crippen molar-refractivity contribution in [2.75, 3.05) is 5.75 Å². The molecule has 2 unspecified atom stereocenters. The smallest absolute Gasteiger partial charge is 0.155 e. The summed E-state index contributed by atoms with van der Waals surface area (Å²) in [7, 11) is -1.31. The van der Waals surface area contributed by atoms with E-state index in [9.17, 15) is 13.5 Å². The van der Waals surface area contributed by atoms with Gasteiger partial charge in [0.1, 0.15) is 0 Å². The first kappa shape index (κ1) is 12.6. The largest absolute Gasteiger partial charge is 0.391 e. The van der Waals surface area contributed by atoms with Gasteiger partial charge in [-0.25, -0.2) is 8.42 Å². The molecule has 2 rings (SSSR count). The van der Waals surface area contributed by atoms with Gasteiger partial charge in [0.2, 0.25) is 0 Å². The molecule has 0 aromatic carbocycles. The second-order valence-electron chi connectivity index (χ2n) is 4.69. The predicted octanol–water partition coefficient (Wildman–Crippen LogP) is 0.291. The summed E-state index contributed by atoms with van der Waals surface area (Å²) in [4.78, 5) is 0. The van der Waals surface area contributed by atoms with Gasteiger partial charge in [0.15, 0.2) is 9.84 Å². The van der Waals surface area contributed by atoms with E-state index in [4.69, 9.17) is 0 Å². The summed E-state index contributed by atoms with van der Waals surface area (Å²) < 4.78 is 25.3. The summed E-state index contributed by atoms with van der Waals surface area (Å²) in [5.41, 5.74) is 0.876. The van der Waals surface area contributed by atoms with Crippen molar-refractivity contribution in [3.63, 3.8) is 0 Å². The lowest BCUT2D eigenvalue weighted by atomic mass is 10.0. The molecule has 1 aliphatic heterocycles. The number of aryl methyl sites for hydroxylation is 1. The number of aromatic nitrogens is 2. The maximum absolute atomic E-state index is 11.8. The van der Waals surface area contributed by atoms with Gasteiger partial charge in [-0.3, -0.25) is 4.68 Å². The van der Waals surface area contributed by atoms with Crippen LogP contribution in [0.5, 0.6) is 0 Å². The van der Waals surface area contributed by atoms with Crippen LogP contribution >= 0.6 is 0 Å². The zero-order chi connectivity index (χ0) is 12.5. The van der Waals surface area contributed by atoms with Gasteiger partial charge in [0, 0.05) is 19.7 Å². The van der Waals surface area contributed by atoms with Crippen LogP contribution in [0.15, 0.2) is 12.4 Å². The van der Waals surface area contributed by atoms with E-state index >= 15 is 0 Å². The Bertz CT molecular complexity index is 481. The third kappa shape index (κ3) is 2.87. The van der Waals surface area contributed by atoms with Gasteiger partial charge in [0.25, 0.3) is 0 Å². The molecule has 1 aliphatic rings. The first-order valence-corrected chi connectivity index (χ1v) is 7.58. The van der Waals surface area contributed by atoms with Crippen molar-refractivity contribution >= 4 is 9.84 Å². The standard InChI is InChI=1S/C11H18N2O3S/c1-13-8-9(7-12-13)6-10(14)11-4-2-3-5-17(11,15)16/h7-8,10-11,14H,2-6H2,1H3. The molecule has 0 radical (unpaired) electrons. The second kappa shape index (κ2) is 4.78. The molecule has 1 aromatic rings. The van der Waals surface area contributed by atoms with Gasteiger partial charge in [-0.05, 0) is 18.4 Å². The molecular formula is C11H18N2O3S. The minimum atomic E-state index is -3.11. The van der Waals surface area contributed by atoms with Gasteiger partial charge in [-0.15, -0.1) is 0 Å². The highest BCUT2D eigenvalue weighted by Crippen LogP contribution is 2.24. The van der Waals surface area contributed by atoms with E-state index in [0.29, 0.717) is 12.8 Å². The van der Waals surface area contributed by atoms with Crippen molar-refractivity contribution < 1.29 is 13.5 Å². The van der Waals surface area contributed by atoms with Gasteiger partial charge in [0.05, 0.1) is 23.3 Å². The van der Waals surface area contributed by atoms with Crippen LogP contribution in [0.2, 0.25) is 0 Å². The highest BCUT2D eigenvalue weighted by atomic mass is 32.2. The molecule has 5 nitrogen and oxygen atoms in total. The number of aliphatic hydroxyl groups excluding tert-OH is 1. The summed E-state index contributed by atoms with van der Waals surface area (Å²) in [6.07, 6.45) is 5.19. The monoisotopic (exact) mass is 258 g/mol. The number of hydrogen-bond acceptors (Lipinski definition) is 4. The van der Waals surface area contributed by atoms with Crippen LogP contribution in [0, 0.1) is 0 Å². The number of rotatable bonds is 3. The molecule has 2 heterocycles. The maximum atomic E-state index is 11.8. The minimum absolute atomic E-state index is 0.210. The average Bonchev–Trinajstić information content (AvgIpc) is 2.63. The fourth-order valence-electron chi connectivity index (χ4n) is 2.36. The van der Waals surface area contributed by atoms with E-state index in [2.05, 4.69) is 5.10 Å². The zero-order valence-corrected chi connectivity index (χ0v) is 10.7. The Kier molecular flexibility index (Phi) is 3.53.